The first kappa shape index (κ1) is 7.32. The molecule has 0 aromatic rings. The van der Waals surface area contributed by atoms with E-state index in [0.29, 0.717) is 0 Å². The third-order valence-corrected chi connectivity index (χ3v) is 2.00. The zero-order valence-corrected chi connectivity index (χ0v) is 6.39. The van der Waals surface area contributed by atoms with Gasteiger partial charge in [0.05, 0.1) is 12.2 Å². The second-order valence-corrected chi connectivity index (χ2v) is 3.35. The molecule has 10 heavy (non-hydrogen) atoms. The van der Waals surface area contributed by atoms with Crippen LogP contribution in [0.25, 0.3) is 0 Å². The van der Waals surface area contributed by atoms with Crippen LogP contribution >= 0.6 is 0 Å². The van der Waals surface area contributed by atoms with Crippen LogP contribution in [0.1, 0.15) is 20.3 Å². The summed E-state index contributed by atoms with van der Waals surface area (Å²) in [6.45, 7) is 7.43. The van der Waals surface area contributed by atoms with Crippen LogP contribution < -0.4 is 0 Å². The summed E-state index contributed by atoms with van der Waals surface area (Å²) in [5.41, 5.74) is 0.167. The Balaban J connectivity index is 2.40. The third-order valence-electron chi connectivity index (χ3n) is 2.00. The zero-order valence-electron chi connectivity index (χ0n) is 6.39. The molecular weight excluding hydrogens is 128 g/mol. The van der Waals surface area contributed by atoms with Crippen molar-refractivity contribution in [3.8, 4) is 0 Å². The van der Waals surface area contributed by atoms with Gasteiger partial charge in [-0.05, 0) is 11.8 Å². The molecule has 0 heterocycles. The highest BCUT2D eigenvalue weighted by Gasteiger charge is 2.51. The number of hydrogen-bond donors (Lipinski definition) is 0. The van der Waals surface area contributed by atoms with Crippen LogP contribution in [0.4, 0.5) is 0 Å². The fourth-order valence-electron chi connectivity index (χ4n) is 1.03. The average molecular weight is 140 g/mol. The Labute approximate surface area is 60.9 Å². The molecule has 2 heteroatoms. The number of ether oxygens (including phenoxy) is 1. The molecule has 1 aliphatic carbocycles. The molecule has 56 valence electrons. The van der Waals surface area contributed by atoms with E-state index >= 15 is 0 Å². The first-order valence-corrected chi connectivity index (χ1v) is 3.39. The molecule has 1 fully saturated rings. The van der Waals surface area contributed by atoms with Crippen molar-refractivity contribution < 1.29 is 9.53 Å². The Morgan fingerprint density at radius 2 is 2.30 bits per heavy atom. The van der Waals surface area contributed by atoms with E-state index < -0.39 is 0 Å². The number of carbonyl (C=O) groups excluding carboxylic acids is 1. The highest BCUT2D eigenvalue weighted by atomic mass is 16.5. The highest BCUT2D eigenvalue weighted by molar-refractivity contribution is 5.77. The maximum absolute atomic E-state index is 10.9. The van der Waals surface area contributed by atoms with Crippen molar-refractivity contribution in [2.24, 2.45) is 11.3 Å². The maximum Gasteiger partial charge on any atom is 0.314 e. The quantitative estimate of drug-likeness (QED) is 0.431. The van der Waals surface area contributed by atoms with Gasteiger partial charge in [-0.15, -0.1) is 0 Å². The molecule has 0 N–H and O–H groups in total. The molecule has 2 nitrogen and oxygen atoms in total. The summed E-state index contributed by atoms with van der Waals surface area (Å²) in [4.78, 5) is 10.9. The molecular formula is C8H12O2. The second kappa shape index (κ2) is 2.11. The molecule has 1 unspecified atom stereocenters. The lowest BCUT2D eigenvalue weighted by molar-refractivity contribution is -0.140. The number of hydrogen-bond acceptors (Lipinski definition) is 2. The first-order valence-electron chi connectivity index (χ1n) is 3.39. The minimum Gasteiger partial charge on any atom is -0.435 e. The van der Waals surface area contributed by atoms with Crippen LogP contribution in [0, 0.1) is 11.3 Å². The van der Waals surface area contributed by atoms with Gasteiger partial charge in [0.15, 0.2) is 0 Å². The monoisotopic (exact) mass is 140 g/mol. The van der Waals surface area contributed by atoms with Crippen molar-refractivity contribution >= 4 is 5.97 Å². The van der Waals surface area contributed by atoms with Crippen molar-refractivity contribution in [2.45, 2.75) is 20.3 Å². The molecule has 0 bridgehead atoms. The van der Waals surface area contributed by atoms with Crippen molar-refractivity contribution in [2.75, 3.05) is 0 Å². The lowest BCUT2D eigenvalue weighted by Crippen LogP contribution is -2.06. The molecule has 1 aliphatic rings. The van der Waals surface area contributed by atoms with Crippen LogP contribution in [0.5, 0.6) is 0 Å². The predicted octanol–water partition coefficient (Wildman–Crippen LogP) is 1.72. The molecule has 1 saturated carbocycles. The molecule has 1 atom stereocenters. The van der Waals surface area contributed by atoms with E-state index in [1.165, 1.54) is 6.26 Å². The summed E-state index contributed by atoms with van der Waals surface area (Å²) in [5, 5.41) is 0. The fourth-order valence-corrected chi connectivity index (χ4v) is 1.03. The minimum atomic E-state index is -0.139. The maximum atomic E-state index is 10.9. The number of esters is 1. The van der Waals surface area contributed by atoms with E-state index in [4.69, 9.17) is 0 Å². The molecule has 0 spiro atoms. The standard InChI is InChI=1S/C8H12O2/c1-4-10-7(9)6-5-8(6,2)3/h4,6H,1,5H2,2-3H3. The molecule has 0 saturated heterocycles. The van der Waals surface area contributed by atoms with Gasteiger partial charge >= 0.3 is 5.97 Å². The van der Waals surface area contributed by atoms with Gasteiger partial charge in [0, 0.05) is 0 Å². The van der Waals surface area contributed by atoms with Crippen LogP contribution in [-0.4, -0.2) is 5.97 Å². The molecule has 0 aromatic heterocycles. The van der Waals surface area contributed by atoms with Crippen LogP contribution in [0.15, 0.2) is 12.8 Å². The summed E-state index contributed by atoms with van der Waals surface area (Å²) >= 11 is 0. The Kier molecular flexibility index (Phi) is 1.55. The summed E-state index contributed by atoms with van der Waals surface area (Å²) in [6, 6.07) is 0. The molecule has 0 aliphatic heterocycles. The minimum absolute atomic E-state index is 0.102. The van der Waals surface area contributed by atoms with E-state index in [-0.39, 0.29) is 17.3 Å². The SMILES string of the molecule is C=COC(=O)C1CC1(C)C. The molecule has 0 radical (unpaired) electrons. The van der Waals surface area contributed by atoms with Crippen molar-refractivity contribution in [1.82, 2.24) is 0 Å². The van der Waals surface area contributed by atoms with Crippen LogP contribution in [0.3, 0.4) is 0 Å². The van der Waals surface area contributed by atoms with Gasteiger partial charge in [0.2, 0.25) is 0 Å². The topological polar surface area (TPSA) is 26.3 Å². The zero-order chi connectivity index (χ0) is 7.78. The molecule has 0 amide bonds. The van der Waals surface area contributed by atoms with Gasteiger partial charge in [-0.1, -0.05) is 20.4 Å². The summed E-state index contributed by atoms with van der Waals surface area (Å²) in [6.07, 6.45) is 2.14. The van der Waals surface area contributed by atoms with Gasteiger partial charge in [-0.3, -0.25) is 4.79 Å². The van der Waals surface area contributed by atoms with E-state index in [1.807, 2.05) is 0 Å². The largest absolute Gasteiger partial charge is 0.435 e. The van der Waals surface area contributed by atoms with Crippen LogP contribution in [-0.2, 0) is 9.53 Å². The summed E-state index contributed by atoms with van der Waals surface area (Å²) < 4.78 is 4.63. The van der Waals surface area contributed by atoms with Crippen molar-refractivity contribution in [1.29, 1.82) is 0 Å². The number of carbonyl (C=O) groups is 1. The lowest BCUT2D eigenvalue weighted by Gasteiger charge is -1.99. The Morgan fingerprint density at radius 3 is 2.60 bits per heavy atom. The van der Waals surface area contributed by atoms with Gasteiger partial charge in [-0.25, -0.2) is 0 Å². The molecule has 0 aromatic carbocycles. The van der Waals surface area contributed by atoms with Crippen molar-refractivity contribution in [3.63, 3.8) is 0 Å². The average Bonchev–Trinajstić information content (AvgIpc) is 2.41. The Hall–Kier alpha value is -0.790. The van der Waals surface area contributed by atoms with Gasteiger partial charge in [0.1, 0.15) is 0 Å². The van der Waals surface area contributed by atoms with Crippen LogP contribution in [0.2, 0.25) is 0 Å². The van der Waals surface area contributed by atoms with Gasteiger partial charge in [-0.2, -0.15) is 0 Å². The normalized spacial score (nSPS) is 27.2. The smallest absolute Gasteiger partial charge is 0.314 e. The second-order valence-electron chi connectivity index (χ2n) is 3.35. The van der Waals surface area contributed by atoms with E-state index in [2.05, 4.69) is 25.2 Å². The number of rotatable bonds is 2. The van der Waals surface area contributed by atoms with E-state index in [1.54, 1.807) is 0 Å². The third kappa shape index (κ3) is 1.20. The predicted molar refractivity (Wildman–Crippen MR) is 38.2 cm³/mol. The summed E-state index contributed by atoms with van der Waals surface area (Å²) in [5.74, 6) is -0.0366. The lowest BCUT2D eigenvalue weighted by atomic mass is 10.1. The first-order chi connectivity index (χ1) is 4.58. The molecule has 1 rings (SSSR count). The highest BCUT2D eigenvalue weighted by Crippen LogP contribution is 2.52. The fraction of sp³-hybridized carbons (Fsp3) is 0.625. The Bertz CT molecular complexity index is 170. The Morgan fingerprint density at radius 1 is 1.80 bits per heavy atom. The van der Waals surface area contributed by atoms with E-state index in [9.17, 15) is 4.79 Å². The van der Waals surface area contributed by atoms with Crippen molar-refractivity contribution in [3.05, 3.63) is 12.8 Å². The van der Waals surface area contributed by atoms with Gasteiger partial charge < -0.3 is 4.74 Å². The van der Waals surface area contributed by atoms with E-state index in [0.717, 1.165) is 6.42 Å². The summed E-state index contributed by atoms with van der Waals surface area (Å²) in [7, 11) is 0. The van der Waals surface area contributed by atoms with Gasteiger partial charge in [0.25, 0.3) is 0 Å².